The van der Waals surface area contributed by atoms with Crippen LogP contribution in [0.1, 0.15) is 39.2 Å². The highest BCUT2D eigenvalue weighted by Gasteiger charge is 2.80. The zero-order valence-electron chi connectivity index (χ0n) is 22.5. The number of anilines is 1. The normalized spacial score (nSPS) is 32.2. The van der Waals surface area contributed by atoms with Crippen LogP contribution in [0.5, 0.6) is 0 Å². The maximum absolute atomic E-state index is 14.7. The fraction of sp³-hybridized carbons (Fsp3) is 0.552. The fourth-order valence-electron chi connectivity index (χ4n) is 6.89. The minimum Gasteiger partial charge on any atom is -0.461 e. The molecular weight excluding hydrogens is 508 g/mol. The summed E-state index contributed by atoms with van der Waals surface area (Å²) in [6, 6.07) is 3.67. The number of carbonyl (C=O) groups excluding carboxylic acids is 3. The first-order valence-electron chi connectivity index (χ1n) is 13.1. The van der Waals surface area contributed by atoms with E-state index in [-0.39, 0.29) is 37.5 Å². The van der Waals surface area contributed by atoms with Crippen LogP contribution >= 0.6 is 11.6 Å². The predicted octanol–water partition coefficient (Wildman–Crippen LogP) is 3.68. The van der Waals surface area contributed by atoms with E-state index in [2.05, 4.69) is 13.2 Å². The molecule has 1 aromatic rings. The summed E-state index contributed by atoms with van der Waals surface area (Å²) in [6.45, 7) is 14.8. The van der Waals surface area contributed by atoms with Crippen LogP contribution in [0.2, 0.25) is 5.02 Å². The summed E-state index contributed by atoms with van der Waals surface area (Å²) in [5.41, 5.74) is -0.947. The highest BCUT2D eigenvalue weighted by atomic mass is 35.5. The SMILES string of the molecule is C=CCOC(=O)[C@@H]1[C@H]2C(=O)N([C@@H](CC)CO)C(C(=O)N(CC=C)c3c(C)cccc3Cl)C23CC(C)[C@@]1(C)O3. The maximum atomic E-state index is 14.7. The highest BCUT2D eigenvalue weighted by molar-refractivity contribution is 6.34. The summed E-state index contributed by atoms with van der Waals surface area (Å²) in [6.07, 6.45) is 3.90. The number of esters is 1. The Hall–Kier alpha value is -2.68. The van der Waals surface area contributed by atoms with Gasteiger partial charge in [-0.1, -0.05) is 56.3 Å². The minimum atomic E-state index is -1.27. The zero-order valence-corrected chi connectivity index (χ0v) is 23.2. The number of halogens is 1. The molecule has 7 atom stereocenters. The van der Waals surface area contributed by atoms with Crippen molar-refractivity contribution < 1.29 is 29.0 Å². The van der Waals surface area contributed by atoms with Gasteiger partial charge in [0, 0.05) is 6.54 Å². The van der Waals surface area contributed by atoms with E-state index in [1.54, 1.807) is 18.2 Å². The van der Waals surface area contributed by atoms with Crippen LogP contribution < -0.4 is 4.90 Å². The Kier molecular flexibility index (Phi) is 7.81. The first-order chi connectivity index (χ1) is 18.0. The number of benzene rings is 1. The van der Waals surface area contributed by atoms with Crippen LogP contribution in [-0.4, -0.2) is 70.8 Å². The van der Waals surface area contributed by atoms with E-state index < -0.39 is 41.1 Å². The second kappa shape index (κ2) is 10.5. The van der Waals surface area contributed by atoms with Gasteiger partial charge in [0.15, 0.2) is 0 Å². The van der Waals surface area contributed by atoms with E-state index >= 15 is 0 Å². The molecular formula is C29H37ClN2O6. The summed E-state index contributed by atoms with van der Waals surface area (Å²) < 4.78 is 12.2. The van der Waals surface area contributed by atoms with E-state index in [9.17, 15) is 19.5 Å². The number of aryl methyl sites for hydroxylation is 1. The molecule has 3 aliphatic rings. The van der Waals surface area contributed by atoms with Gasteiger partial charge in [0.25, 0.3) is 5.91 Å². The third-order valence-electron chi connectivity index (χ3n) is 8.70. The quantitative estimate of drug-likeness (QED) is 0.356. The second-order valence-corrected chi connectivity index (χ2v) is 11.2. The first-order valence-corrected chi connectivity index (χ1v) is 13.5. The van der Waals surface area contributed by atoms with Crippen molar-refractivity contribution in [2.75, 3.05) is 24.7 Å². The van der Waals surface area contributed by atoms with Gasteiger partial charge in [-0.05, 0) is 44.2 Å². The van der Waals surface area contributed by atoms with Crippen molar-refractivity contribution in [2.24, 2.45) is 17.8 Å². The van der Waals surface area contributed by atoms with Crippen LogP contribution in [0, 0.1) is 24.7 Å². The number of para-hydroxylation sites is 1. The summed E-state index contributed by atoms with van der Waals surface area (Å²) in [5, 5.41) is 10.7. The molecule has 2 bridgehead atoms. The highest BCUT2D eigenvalue weighted by Crippen LogP contribution is 2.65. The minimum absolute atomic E-state index is 0.00684. The lowest BCUT2D eigenvalue weighted by Crippen LogP contribution is -2.59. The topological polar surface area (TPSA) is 96.4 Å². The maximum Gasteiger partial charge on any atom is 0.313 e. The van der Waals surface area contributed by atoms with Crippen molar-refractivity contribution >= 4 is 35.1 Å². The summed E-state index contributed by atoms with van der Waals surface area (Å²) in [4.78, 5) is 45.2. The average Bonchev–Trinajstić information content (AvgIpc) is 3.39. The zero-order chi connectivity index (χ0) is 28.0. The Morgan fingerprint density at radius 3 is 2.66 bits per heavy atom. The number of carbonyl (C=O) groups is 3. The Balaban J connectivity index is 1.90. The smallest absolute Gasteiger partial charge is 0.313 e. The molecule has 3 fully saturated rings. The predicted molar refractivity (Wildman–Crippen MR) is 145 cm³/mol. The molecule has 3 aliphatic heterocycles. The van der Waals surface area contributed by atoms with E-state index in [0.717, 1.165) is 5.56 Å². The molecule has 206 valence electrons. The van der Waals surface area contributed by atoms with E-state index in [0.29, 0.717) is 23.6 Å². The monoisotopic (exact) mass is 544 g/mol. The van der Waals surface area contributed by atoms with E-state index in [4.69, 9.17) is 21.1 Å². The molecule has 3 heterocycles. The Labute approximate surface area is 229 Å². The van der Waals surface area contributed by atoms with Gasteiger partial charge in [-0.2, -0.15) is 0 Å². The van der Waals surface area contributed by atoms with Crippen molar-refractivity contribution in [1.29, 1.82) is 0 Å². The van der Waals surface area contributed by atoms with Gasteiger partial charge in [-0.15, -0.1) is 6.58 Å². The summed E-state index contributed by atoms with van der Waals surface area (Å²) in [7, 11) is 0. The molecule has 1 spiro atoms. The lowest BCUT2D eigenvalue weighted by molar-refractivity contribution is -0.161. The fourth-order valence-corrected chi connectivity index (χ4v) is 7.21. The van der Waals surface area contributed by atoms with Crippen molar-refractivity contribution in [1.82, 2.24) is 4.90 Å². The van der Waals surface area contributed by atoms with Crippen LogP contribution in [0.3, 0.4) is 0 Å². The van der Waals surface area contributed by atoms with Gasteiger partial charge >= 0.3 is 5.97 Å². The van der Waals surface area contributed by atoms with Gasteiger partial charge in [-0.3, -0.25) is 14.4 Å². The van der Waals surface area contributed by atoms with Crippen LogP contribution in [0.25, 0.3) is 0 Å². The van der Waals surface area contributed by atoms with E-state index in [1.807, 2.05) is 33.8 Å². The molecule has 2 amide bonds. The lowest BCUT2D eigenvalue weighted by atomic mass is 9.62. The molecule has 0 aliphatic carbocycles. The molecule has 1 N–H and O–H groups in total. The number of rotatable bonds is 10. The lowest BCUT2D eigenvalue weighted by Gasteiger charge is -2.39. The average molecular weight is 545 g/mol. The molecule has 3 saturated heterocycles. The number of hydrogen-bond acceptors (Lipinski definition) is 6. The number of hydrogen-bond donors (Lipinski definition) is 1. The number of aliphatic hydroxyl groups excluding tert-OH is 1. The third-order valence-corrected chi connectivity index (χ3v) is 9.00. The third kappa shape index (κ3) is 4.00. The molecule has 4 rings (SSSR count). The molecule has 0 radical (unpaired) electrons. The molecule has 9 heteroatoms. The first kappa shape index (κ1) is 28.3. The number of nitrogens with zero attached hydrogens (tertiary/aromatic N) is 2. The van der Waals surface area contributed by atoms with Crippen LogP contribution in [0.15, 0.2) is 43.5 Å². The van der Waals surface area contributed by atoms with Gasteiger partial charge in [-0.25, -0.2) is 0 Å². The van der Waals surface area contributed by atoms with Crippen molar-refractivity contribution in [3.63, 3.8) is 0 Å². The van der Waals surface area contributed by atoms with Gasteiger partial charge in [0.05, 0.1) is 34.9 Å². The van der Waals surface area contributed by atoms with Crippen molar-refractivity contribution in [3.8, 4) is 0 Å². The number of amides is 2. The standard InChI is InChI=1S/C29H37ClN2O6/c1-7-13-31(23-17(4)11-10-12-20(23)30)26(35)24-29-15-18(5)28(6,38-29)22(27(36)37-14-8-2)21(29)25(34)32(24)19(9-3)16-33/h7-8,10-12,18-19,21-22,24,33H,1-2,9,13-16H2,3-6H3/t18?,19-,21-,22-,24?,28+,29?/m0/s1. The summed E-state index contributed by atoms with van der Waals surface area (Å²) >= 11 is 6.59. The second-order valence-electron chi connectivity index (χ2n) is 10.8. The van der Waals surface area contributed by atoms with Crippen LogP contribution in [-0.2, 0) is 23.9 Å². The van der Waals surface area contributed by atoms with Crippen LogP contribution in [0.4, 0.5) is 5.69 Å². The number of aliphatic hydroxyl groups is 1. The molecule has 0 saturated carbocycles. The van der Waals surface area contributed by atoms with Gasteiger partial charge < -0.3 is 24.4 Å². The number of ether oxygens (including phenoxy) is 2. The van der Waals surface area contributed by atoms with Crippen molar-refractivity contribution in [2.45, 2.75) is 63.8 Å². The molecule has 3 unspecified atom stereocenters. The Bertz CT molecular complexity index is 1130. The Morgan fingerprint density at radius 1 is 1.37 bits per heavy atom. The van der Waals surface area contributed by atoms with Gasteiger partial charge in [0.2, 0.25) is 5.91 Å². The number of fused-ring (bicyclic) bond motifs is 1. The van der Waals surface area contributed by atoms with Gasteiger partial charge in [0.1, 0.15) is 24.2 Å². The molecule has 8 nitrogen and oxygen atoms in total. The molecule has 38 heavy (non-hydrogen) atoms. The van der Waals surface area contributed by atoms with Crippen molar-refractivity contribution in [3.05, 3.63) is 54.1 Å². The molecule has 0 aromatic heterocycles. The summed E-state index contributed by atoms with van der Waals surface area (Å²) in [5.74, 6) is -3.27. The largest absolute Gasteiger partial charge is 0.461 e. The molecule has 1 aromatic carbocycles. The number of likely N-dealkylation sites (tertiary alicyclic amines) is 1. The Morgan fingerprint density at radius 2 is 2.08 bits per heavy atom. The van der Waals surface area contributed by atoms with E-state index in [1.165, 1.54) is 15.9 Å².